The minimum Gasteiger partial charge on any atom is -0.381 e. The summed E-state index contributed by atoms with van der Waals surface area (Å²) in [5.74, 6) is 0.977. The summed E-state index contributed by atoms with van der Waals surface area (Å²) in [6, 6.07) is 6.86. The number of ether oxygens (including phenoxy) is 1. The quantitative estimate of drug-likeness (QED) is 0.565. The van der Waals surface area contributed by atoms with Crippen LogP contribution in [0.1, 0.15) is 37.0 Å². The van der Waals surface area contributed by atoms with E-state index in [4.69, 9.17) is 21.3 Å². The second-order valence-electron chi connectivity index (χ2n) is 4.93. The molecule has 1 unspecified atom stereocenters. The van der Waals surface area contributed by atoms with Crippen LogP contribution in [0.15, 0.2) is 18.2 Å². The van der Waals surface area contributed by atoms with E-state index in [1.54, 1.807) is 0 Å². The Morgan fingerprint density at radius 2 is 2.16 bits per heavy atom. The van der Waals surface area contributed by atoms with Crippen molar-refractivity contribution in [3.05, 3.63) is 27.6 Å². The van der Waals surface area contributed by atoms with Gasteiger partial charge in [-0.05, 0) is 60.6 Å². The Bertz CT molecular complexity index is 590. The SMILES string of the molecule is CC(Cl)c1nc2cc(I)ccc2n1C1CCOCC1. The van der Waals surface area contributed by atoms with Crippen LogP contribution >= 0.6 is 34.2 Å². The molecule has 0 spiro atoms. The van der Waals surface area contributed by atoms with Crippen molar-refractivity contribution in [2.45, 2.75) is 31.2 Å². The number of alkyl halides is 1. The van der Waals surface area contributed by atoms with E-state index in [1.807, 2.05) is 6.92 Å². The lowest BCUT2D eigenvalue weighted by Crippen LogP contribution is -2.21. The predicted molar refractivity (Wildman–Crippen MR) is 85.8 cm³/mol. The highest BCUT2D eigenvalue weighted by Gasteiger charge is 2.23. The molecule has 102 valence electrons. The lowest BCUT2D eigenvalue weighted by Gasteiger charge is -2.26. The predicted octanol–water partition coefficient (Wildman–Crippen LogP) is 4.29. The summed E-state index contributed by atoms with van der Waals surface area (Å²) in [4.78, 5) is 4.73. The lowest BCUT2D eigenvalue weighted by molar-refractivity contribution is 0.0698. The van der Waals surface area contributed by atoms with Gasteiger partial charge in [0.1, 0.15) is 5.82 Å². The van der Waals surface area contributed by atoms with Gasteiger partial charge in [-0.2, -0.15) is 0 Å². The van der Waals surface area contributed by atoms with E-state index >= 15 is 0 Å². The second-order valence-corrected chi connectivity index (χ2v) is 6.83. The smallest absolute Gasteiger partial charge is 0.127 e. The second kappa shape index (κ2) is 5.58. The maximum Gasteiger partial charge on any atom is 0.127 e. The molecule has 1 aliphatic rings. The molecule has 0 aliphatic carbocycles. The van der Waals surface area contributed by atoms with Gasteiger partial charge < -0.3 is 9.30 Å². The number of fused-ring (bicyclic) bond motifs is 1. The molecule has 5 heteroatoms. The van der Waals surface area contributed by atoms with Gasteiger partial charge in [-0.1, -0.05) is 0 Å². The summed E-state index contributed by atoms with van der Waals surface area (Å²) in [6.45, 7) is 3.64. The van der Waals surface area contributed by atoms with Gasteiger partial charge in [0.2, 0.25) is 0 Å². The van der Waals surface area contributed by atoms with Crippen molar-refractivity contribution in [1.82, 2.24) is 9.55 Å². The minimum absolute atomic E-state index is 0.0760. The molecule has 1 aromatic heterocycles. The molecule has 0 amide bonds. The number of hydrogen-bond acceptors (Lipinski definition) is 2. The van der Waals surface area contributed by atoms with Crippen molar-refractivity contribution in [3.8, 4) is 0 Å². The molecule has 0 radical (unpaired) electrons. The zero-order chi connectivity index (χ0) is 13.4. The van der Waals surface area contributed by atoms with Crippen LogP contribution in [0.3, 0.4) is 0 Å². The van der Waals surface area contributed by atoms with Crippen LogP contribution in [0.4, 0.5) is 0 Å². The molecule has 1 fully saturated rings. The molecule has 1 atom stereocenters. The fourth-order valence-corrected chi connectivity index (χ4v) is 3.33. The largest absolute Gasteiger partial charge is 0.381 e. The Hall–Kier alpha value is -0.330. The minimum atomic E-state index is -0.0760. The van der Waals surface area contributed by atoms with Crippen LogP contribution in [0.25, 0.3) is 11.0 Å². The zero-order valence-corrected chi connectivity index (χ0v) is 13.7. The molecule has 0 saturated carbocycles. The van der Waals surface area contributed by atoms with Gasteiger partial charge in [0.05, 0.1) is 16.4 Å². The van der Waals surface area contributed by atoms with Gasteiger partial charge in [-0.25, -0.2) is 4.98 Å². The van der Waals surface area contributed by atoms with E-state index in [-0.39, 0.29) is 5.38 Å². The normalized spacial score (nSPS) is 18.9. The van der Waals surface area contributed by atoms with E-state index in [2.05, 4.69) is 45.4 Å². The summed E-state index contributed by atoms with van der Waals surface area (Å²) in [5, 5.41) is -0.0760. The molecule has 0 bridgehead atoms. The van der Waals surface area contributed by atoms with Gasteiger partial charge in [-0.15, -0.1) is 11.6 Å². The maximum atomic E-state index is 6.32. The number of nitrogens with zero attached hydrogens (tertiary/aromatic N) is 2. The highest BCUT2D eigenvalue weighted by Crippen LogP contribution is 2.32. The van der Waals surface area contributed by atoms with Crippen molar-refractivity contribution in [3.63, 3.8) is 0 Å². The fourth-order valence-electron chi connectivity index (χ4n) is 2.70. The molecule has 2 heterocycles. The number of benzene rings is 1. The number of rotatable bonds is 2. The van der Waals surface area contributed by atoms with Gasteiger partial charge in [0, 0.05) is 22.8 Å². The zero-order valence-electron chi connectivity index (χ0n) is 10.8. The summed E-state index contributed by atoms with van der Waals surface area (Å²) in [7, 11) is 0. The van der Waals surface area contributed by atoms with Crippen LogP contribution < -0.4 is 0 Å². The van der Waals surface area contributed by atoms with Gasteiger partial charge in [-0.3, -0.25) is 0 Å². The first-order chi connectivity index (χ1) is 9.16. The van der Waals surface area contributed by atoms with E-state index in [0.717, 1.165) is 37.4 Å². The third-order valence-electron chi connectivity index (χ3n) is 3.59. The number of aromatic nitrogens is 2. The molecule has 2 aromatic rings. The van der Waals surface area contributed by atoms with E-state index < -0.39 is 0 Å². The summed E-state index contributed by atoms with van der Waals surface area (Å²) < 4.78 is 8.99. The van der Waals surface area contributed by atoms with Crippen molar-refractivity contribution >= 4 is 45.2 Å². The number of imidazole rings is 1. The first-order valence-corrected chi connectivity index (χ1v) is 8.07. The average Bonchev–Trinajstić information content (AvgIpc) is 2.78. The van der Waals surface area contributed by atoms with Crippen LogP contribution in [0.2, 0.25) is 0 Å². The third kappa shape index (κ3) is 2.62. The Labute approximate surface area is 131 Å². The van der Waals surface area contributed by atoms with Crippen LogP contribution in [0, 0.1) is 3.57 Å². The number of halogens is 2. The number of hydrogen-bond donors (Lipinski definition) is 0. The first kappa shape index (κ1) is 13.6. The summed E-state index contributed by atoms with van der Waals surface area (Å²) in [5.41, 5.74) is 2.23. The Morgan fingerprint density at radius 1 is 1.42 bits per heavy atom. The van der Waals surface area contributed by atoms with E-state index in [9.17, 15) is 0 Å². The van der Waals surface area contributed by atoms with Crippen molar-refractivity contribution in [2.24, 2.45) is 0 Å². The lowest BCUT2D eigenvalue weighted by atomic mass is 10.1. The monoisotopic (exact) mass is 390 g/mol. The fraction of sp³-hybridized carbons (Fsp3) is 0.500. The molecule has 1 aromatic carbocycles. The first-order valence-electron chi connectivity index (χ1n) is 6.56. The Kier molecular flexibility index (Phi) is 4.01. The highest BCUT2D eigenvalue weighted by molar-refractivity contribution is 14.1. The van der Waals surface area contributed by atoms with Crippen molar-refractivity contribution in [1.29, 1.82) is 0 Å². The van der Waals surface area contributed by atoms with Crippen LogP contribution in [-0.4, -0.2) is 22.8 Å². The summed E-state index contributed by atoms with van der Waals surface area (Å²) >= 11 is 8.64. The van der Waals surface area contributed by atoms with Gasteiger partial charge >= 0.3 is 0 Å². The summed E-state index contributed by atoms with van der Waals surface area (Å²) in [6.07, 6.45) is 2.07. The molecule has 3 rings (SSSR count). The molecule has 19 heavy (non-hydrogen) atoms. The Morgan fingerprint density at radius 3 is 2.84 bits per heavy atom. The van der Waals surface area contributed by atoms with Crippen molar-refractivity contribution < 1.29 is 4.74 Å². The average molecular weight is 391 g/mol. The van der Waals surface area contributed by atoms with Crippen molar-refractivity contribution in [2.75, 3.05) is 13.2 Å². The molecule has 3 nitrogen and oxygen atoms in total. The molecule has 1 aliphatic heterocycles. The van der Waals surface area contributed by atoms with Crippen LogP contribution in [-0.2, 0) is 4.74 Å². The van der Waals surface area contributed by atoms with Crippen LogP contribution in [0.5, 0.6) is 0 Å². The van der Waals surface area contributed by atoms with E-state index in [1.165, 1.54) is 9.09 Å². The topological polar surface area (TPSA) is 27.1 Å². The molecular weight excluding hydrogens is 375 g/mol. The molecule has 1 saturated heterocycles. The Balaban J connectivity index is 2.15. The van der Waals surface area contributed by atoms with E-state index in [0.29, 0.717) is 6.04 Å². The molecule has 0 N–H and O–H groups in total. The van der Waals surface area contributed by atoms with Gasteiger partial charge in [0.25, 0.3) is 0 Å². The molecular formula is C14H16ClIN2O. The maximum absolute atomic E-state index is 6.32. The highest BCUT2D eigenvalue weighted by atomic mass is 127. The standard InChI is InChI=1S/C14H16ClIN2O/c1-9(15)14-17-12-8-10(16)2-3-13(12)18(14)11-4-6-19-7-5-11/h2-3,8-9,11H,4-7H2,1H3. The van der Waals surface area contributed by atoms with Gasteiger partial charge in [0.15, 0.2) is 0 Å². The third-order valence-corrected chi connectivity index (χ3v) is 4.46.